The third-order valence-electron chi connectivity index (χ3n) is 7.52. The van der Waals surface area contributed by atoms with Crippen molar-refractivity contribution in [3.05, 3.63) is 0 Å². The fraction of sp³-hybridized carbons (Fsp3) is 1.00. The van der Waals surface area contributed by atoms with E-state index in [0.717, 1.165) is 0 Å². The van der Waals surface area contributed by atoms with Crippen LogP contribution in [0, 0.1) is 0 Å². The van der Waals surface area contributed by atoms with Crippen molar-refractivity contribution < 1.29 is 0 Å². The van der Waals surface area contributed by atoms with Crippen LogP contribution in [0.3, 0.4) is 0 Å². The molecule has 0 heterocycles. The summed E-state index contributed by atoms with van der Waals surface area (Å²) in [7, 11) is 0. The predicted octanol–water partition coefficient (Wildman–Crippen LogP) is 13.1. The molecule has 208 valence electrons. The van der Waals surface area contributed by atoms with E-state index >= 15 is 0 Å². The van der Waals surface area contributed by atoms with Crippen LogP contribution in [0.4, 0.5) is 0 Å². The van der Waals surface area contributed by atoms with Gasteiger partial charge in [-0.3, -0.25) is 0 Å². The minimum absolute atomic E-state index is 1.26. The van der Waals surface area contributed by atoms with Crippen molar-refractivity contribution in [1.82, 2.24) is 0 Å². The monoisotopic (exact) mass is 518 g/mol. The zero-order chi connectivity index (χ0) is 25.2. The molecule has 0 aromatic rings. The number of halogens is 1. The molecule has 0 nitrogen and oxygen atoms in total. The first-order chi connectivity index (χ1) is 16.3. The third kappa shape index (κ3) is 32.7. The second kappa shape index (κ2) is 24.1. The summed E-state index contributed by atoms with van der Waals surface area (Å²) in [6.45, 7) is 9.16. The molecule has 0 aromatic carbocycles. The average molecular weight is 519 g/mol. The van der Waals surface area contributed by atoms with Gasteiger partial charge in [-0.2, -0.15) is 0 Å². The molecular formula is C32H68ClP. The molecule has 0 aromatic heterocycles. The first-order valence-electron chi connectivity index (χ1n) is 16.0. The Bertz CT molecular complexity index is 388. The summed E-state index contributed by atoms with van der Waals surface area (Å²) in [5.41, 5.74) is 0. The molecule has 0 radical (unpaired) electrons. The Balaban J connectivity index is 3.07. The van der Waals surface area contributed by atoms with Gasteiger partial charge in [0.05, 0.1) is 0 Å². The van der Waals surface area contributed by atoms with E-state index in [1.165, 1.54) is 180 Å². The van der Waals surface area contributed by atoms with Gasteiger partial charge in [0.2, 0.25) is 0 Å². The Kier molecular flexibility index (Phi) is 24.6. The number of unbranched alkanes of at least 4 members (excludes halogenated alkanes) is 26. The van der Waals surface area contributed by atoms with Gasteiger partial charge in [0.25, 0.3) is 0 Å². The second-order valence-electron chi connectivity index (χ2n) is 12.8. The standard InChI is InChI=1S/C32H68ClP/c1-5-6-7-8-9-10-11-12-13-14-15-16-17-18-19-20-21-22-23-24-25-26-27-28-29-30-31-32-34(2,3,4)33/h5-32H2,1-4H3. The van der Waals surface area contributed by atoms with Gasteiger partial charge < -0.3 is 0 Å². The summed E-state index contributed by atoms with van der Waals surface area (Å²) in [5, 5.41) is 0. The summed E-state index contributed by atoms with van der Waals surface area (Å²) >= 11 is 6.63. The van der Waals surface area contributed by atoms with E-state index in [1.807, 2.05) is 0 Å². The van der Waals surface area contributed by atoms with Gasteiger partial charge in [0.1, 0.15) is 0 Å². The quantitative estimate of drug-likeness (QED) is 0.0713. The van der Waals surface area contributed by atoms with Crippen molar-refractivity contribution >= 4 is 17.2 Å². The zero-order valence-electron chi connectivity index (χ0n) is 24.6. The van der Waals surface area contributed by atoms with Gasteiger partial charge in [-0.05, 0) is 0 Å². The molecule has 0 aliphatic carbocycles. The molecule has 0 unspecified atom stereocenters. The van der Waals surface area contributed by atoms with E-state index in [9.17, 15) is 0 Å². The molecule has 0 spiro atoms. The van der Waals surface area contributed by atoms with Gasteiger partial charge in [-0.1, -0.05) is 110 Å². The molecular weight excluding hydrogens is 451 g/mol. The summed E-state index contributed by atoms with van der Waals surface area (Å²) in [6.07, 6.45) is 40.7. The van der Waals surface area contributed by atoms with Crippen LogP contribution in [-0.2, 0) is 0 Å². The van der Waals surface area contributed by atoms with Crippen molar-refractivity contribution in [2.24, 2.45) is 0 Å². The fourth-order valence-corrected chi connectivity index (χ4v) is 6.79. The van der Waals surface area contributed by atoms with E-state index in [2.05, 4.69) is 26.9 Å². The molecule has 0 atom stereocenters. The molecule has 0 bridgehead atoms. The molecule has 0 aliphatic heterocycles. The second-order valence-corrected chi connectivity index (χ2v) is 22.9. The molecule has 0 fully saturated rings. The Morgan fingerprint density at radius 2 is 0.500 bits per heavy atom. The summed E-state index contributed by atoms with van der Waals surface area (Å²) in [4.78, 5) is 0. The summed E-state index contributed by atoms with van der Waals surface area (Å²) in [6, 6.07) is 0. The Labute approximate surface area is 223 Å². The van der Waals surface area contributed by atoms with Crippen LogP contribution < -0.4 is 0 Å². The van der Waals surface area contributed by atoms with Crippen LogP contribution in [0.15, 0.2) is 0 Å². The van der Waals surface area contributed by atoms with E-state index in [1.54, 1.807) is 0 Å². The van der Waals surface area contributed by atoms with Crippen molar-refractivity contribution in [3.63, 3.8) is 0 Å². The maximum atomic E-state index is 6.63. The van der Waals surface area contributed by atoms with Crippen LogP contribution in [-0.4, -0.2) is 26.2 Å². The van der Waals surface area contributed by atoms with Gasteiger partial charge >= 0.3 is 114 Å². The number of hydrogen-bond acceptors (Lipinski definition) is 0. The Hall–Kier alpha value is 0.720. The molecule has 0 saturated heterocycles. The van der Waals surface area contributed by atoms with Crippen molar-refractivity contribution in [2.45, 2.75) is 180 Å². The van der Waals surface area contributed by atoms with Crippen LogP contribution in [0.2, 0.25) is 0 Å². The molecule has 0 N–H and O–H groups in total. The van der Waals surface area contributed by atoms with Gasteiger partial charge in [-0.25, -0.2) is 0 Å². The fourth-order valence-electron chi connectivity index (χ4n) is 5.14. The van der Waals surface area contributed by atoms with Crippen molar-refractivity contribution in [3.8, 4) is 0 Å². The summed E-state index contributed by atoms with van der Waals surface area (Å²) < 4.78 is 0. The van der Waals surface area contributed by atoms with Gasteiger partial charge in [-0.15, -0.1) is 0 Å². The van der Waals surface area contributed by atoms with Crippen molar-refractivity contribution in [2.75, 3.05) is 26.2 Å². The normalized spacial score (nSPS) is 13.3. The topological polar surface area (TPSA) is 0 Å². The van der Waals surface area contributed by atoms with E-state index in [4.69, 9.17) is 11.2 Å². The molecule has 0 rings (SSSR count). The Morgan fingerprint density at radius 3 is 0.676 bits per heavy atom. The Morgan fingerprint density at radius 1 is 0.324 bits per heavy atom. The van der Waals surface area contributed by atoms with Crippen LogP contribution in [0.1, 0.15) is 180 Å². The number of rotatable bonds is 28. The first-order valence-corrected chi connectivity index (χ1v) is 20.7. The first kappa shape index (κ1) is 34.7. The SMILES string of the molecule is CCCCCCCCCCCCCCCCCCCCCCCCCCCCCP(C)(C)(C)Cl. The van der Waals surface area contributed by atoms with E-state index in [0.29, 0.717) is 0 Å². The molecule has 0 aliphatic rings. The minimum atomic E-state index is -1.76. The molecule has 34 heavy (non-hydrogen) atoms. The van der Waals surface area contributed by atoms with E-state index < -0.39 is 5.96 Å². The predicted molar refractivity (Wildman–Crippen MR) is 166 cm³/mol. The molecule has 0 saturated carbocycles. The molecule has 2 heteroatoms. The summed E-state index contributed by atoms with van der Waals surface area (Å²) in [5.74, 6) is -1.76. The van der Waals surface area contributed by atoms with E-state index in [-0.39, 0.29) is 0 Å². The average Bonchev–Trinajstić information content (AvgIpc) is 2.77. The van der Waals surface area contributed by atoms with Crippen LogP contribution >= 0.6 is 17.2 Å². The van der Waals surface area contributed by atoms with Crippen molar-refractivity contribution in [1.29, 1.82) is 0 Å². The number of hydrogen-bond donors (Lipinski definition) is 0. The zero-order valence-corrected chi connectivity index (χ0v) is 26.3. The molecule has 0 amide bonds. The van der Waals surface area contributed by atoms with Gasteiger partial charge in [0.15, 0.2) is 0 Å². The maximum absolute atomic E-state index is 6.63. The third-order valence-corrected chi connectivity index (χ3v) is 9.85. The van der Waals surface area contributed by atoms with Crippen LogP contribution in [0.25, 0.3) is 0 Å². The van der Waals surface area contributed by atoms with Crippen LogP contribution in [0.5, 0.6) is 0 Å². The van der Waals surface area contributed by atoms with Gasteiger partial charge in [0, 0.05) is 0 Å².